The summed E-state index contributed by atoms with van der Waals surface area (Å²) in [7, 11) is 0. The predicted molar refractivity (Wildman–Crippen MR) is 48.1 cm³/mol. The van der Waals surface area contributed by atoms with Crippen LogP contribution < -0.4 is 24.8 Å². The Kier molecular flexibility index (Phi) is 16.9. The molecule has 0 fully saturated rings. The maximum atomic E-state index is 3.30. The van der Waals surface area contributed by atoms with Gasteiger partial charge in [-0.25, -0.2) is 11.6 Å². The van der Waals surface area contributed by atoms with Crippen LogP contribution in [0.25, 0.3) is 0 Å². The van der Waals surface area contributed by atoms with Gasteiger partial charge in [-0.15, -0.1) is 6.42 Å². The summed E-state index contributed by atoms with van der Waals surface area (Å²) in [5, 5.41) is 0.739. The molecule has 0 nitrogen and oxygen atoms in total. The van der Waals surface area contributed by atoms with Crippen molar-refractivity contribution in [2.45, 2.75) is 25.5 Å². The molecule has 0 N–H and O–H groups in total. The summed E-state index contributed by atoms with van der Waals surface area (Å²) in [6.45, 7) is 4.45. The van der Waals surface area contributed by atoms with Crippen LogP contribution in [0.15, 0.2) is 17.7 Å². The Balaban J connectivity index is -0.000000333. The molecule has 1 radical (unpaired) electrons. The number of thioether (sulfide) groups is 1. The second-order valence-corrected chi connectivity index (χ2v) is 4.23. The Morgan fingerprint density at radius 3 is 2.46 bits per heavy atom. The van der Waals surface area contributed by atoms with Crippen LogP contribution >= 0.6 is 11.8 Å². The average molecular weight is 272 g/mol. The van der Waals surface area contributed by atoms with Crippen molar-refractivity contribution < 1.29 is 46.5 Å². The van der Waals surface area contributed by atoms with E-state index in [0.29, 0.717) is 0 Å². The quantitative estimate of drug-likeness (QED) is 0.386. The van der Waals surface area contributed by atoms with Crippen LogP contribution in [0.4, 0.5) is 0 Å². The number of hydrogen-bond donors (Lipinski definition) is 0. The van der Waals surface area contributed by atoms with Gasteiger partial charge in [0.2, 0.25) is 0 Å². The summed E-state index contributed by atoms with van der Waals surface area (Å²) in [6, 6.07) is 0. The average Bonchev–Trinajstić information content (AvgIpc) is 2.34. The molecule has 0 aromatic rings. The van der Waals surface area contributed by atoms with E-state index in [-0.39, 0.29) is 46.5 Å². The zero-order valence-corrected chi connectivity index (χ0v) is 11.7. The van der Waals surface area contributed by atoms with Crippen molar-refractivity contribution in [1.29, 1.82) is 0 Å². The molecule has 1 rings (SSSR count). The molecular weight excluding hydrogens is 259 g/mol. The molecule has 73 valence electrons. The van der Waals surface area contributed by atoms with Crippen LogP contribution in [0, 0.1) is 6.08 Å². The van der Waals surface area contributed by atoms with E-state index < -0.39 is 0 Å². The van der Waals surface area contributed by atoms with E-state index in [1.54, 1.807) is 0 Å². The smallest absolute Gasteiger partial charge is 1.00 e. The molecule has 0 aromatic heterocycles. The van der Waals surface area contributed by atoms with Crippen molar-refractivity contribution in [3.05, 3.63) is 23.8 Å². The van der Waals surface area contributed by atoms with Crippen LogP contribution in [0.5, 0.6) is 0 Å². The second kappa shape index (κ2) is 11.2. The van der Waals surface area contributed by atoms with E-state index in [4.69, 9.17) is 0 Å². The van der Waals surface area contributed by atoms with Crippen LogP contribution in [0.2, 0.25) is 0 Å². The van der Waals surface area contributed by atoms with E-state index in [1.807, 2.05) is 11.8 Å². The fourth-order valence-corrected chi connectivity index (χ4v) is 1.52. The molecule has 0 saturated carbocycles. The first-order valence-corrected chi connectivity index (χ1v) is 4.72. The molecule has 0 unspecified atom stereocenters. The molecule has 0 amide bonds. The number of rotatable bonds is 3. The molecule has 0 saturated heterocycles. The molecule has 4 heteroatoms. The van der Waals surface area contributed by atoms with Gasteiger partial charge in [-0.05, 0) is 11.0 Å². The monoisotopic (exact) mass is 271 g/mol. The van der Waals surface area contributed by atoms with E-state index in [1.165, 1.54) is 5.57 Å². The third kappa shape index (κ3) is 9.43. The minimum Gasteiger partial charge on any atom is -1.00 e. The standard InChI is InChI=1S/C9H13S.2ClH.Ti/c1-8(2)10-7-9-5-3-4-6-9;;;/h3,5,8H,4,7H2,1-2H3;2*1H;/q-1;;;+3/p-2. The minimum atomic E-state index is 0. The normalized spacial score (nSPS) is 12.7. The summed E-state index contributed by atoms with van der Waals surface area (Å²) < 4.78 is 0. The van der Waals surface area contributed by atoms with Gasteiger partial charge in [0.1, 0.15) is 0 Å². The molecule has 1 aliphatic carbocycles. The van der Waals surface area contributed by atoms with Crippen molar-refractivity contribution in [3.8, 4) is 0 Å². The van der Waals surface area contributed by atoms with E-state index in [0.717, 1.165) is 17.4 Å². The minimum absolute atomic E-state index is 0. The van der Waals surface area contributed by atoms with Crippen molar-refractivity contribution in [2.75, 3.05) is 5.75 Å². The van der Waals surface area contributed by atoms with E-state index in [9.17, 15) is 0 Å². The molecule has 0 atom stereocenters. The molecule has 0 aliphatic heterocycles. The SMILES string of the molecule is CC(C)SCC1=[C-]CC=C1.[Cl-].[Cl-].[Ti+3]. The summed E-state index contributed by atoms with van der Waals surface area (Å²) in [4.78, 5) is 0. The number of hydrogen-bond acceptors (Lipinski definition) is 1. The molecule has 0 bridgehead atoms. The van der Waals surface area contributed by atoms with Gasteiger partial charge in [-0.3, -0.25) is 6.08 Å². The predicted octanol–water partition coefficient (Wildman–Crippen LogP) is -3.18. The second-order valence-electron chi connectivity index (χ2n) is 2.67. The third-order valence-corrected chi connectivity index (χ3v) is 2.48. The van der Waals surface area contributed by atoms with E-state index in [2.05, 4.69) is 32.1 Å². The van der Waals surface area contributed by atoms with Gasteiger partial charge in [0.25, 0.3) is 0 Å². The van der Waals surface area contributed by atoms with Gasteiger partial charge in [-0.1, -0.05) is 13.8 Å². The van der Waals surface area contributed by atoms with Crippen molar-refractivity contribution in [3.63, 3.8) is 0 Å². The fourth-order valence-electron chi connectivity index (χ4n) is 0.806. The first-order chi connectivity index (χ1) is 4.79. The van der Waals surface area contributed by atoms with Crippen molar-refractivity contribution >= 4 is 11.8 Å². The summed E-state index contributed by atoms with van der Waals surface area (Å²) in [5.74, 6) is 1.13. The van der Waals surface area contributed by atoms with Gasteiger partial charge >= 0.3 is 21.7 Å². The largest absolute Gasteiger partial charge is 3.00 e. The zero-order valence-electron chi connectivity index (χ0n) is 7.81. The third-order valence-electron chi connectivity index (χ3n) is 1.34. The molecule has 1 aliphatic rings. The van der Waals surface area contributed by atoms with Gasteiger partial charge in [0.15, 0.2) is 0 Å². The number of allylic oxidation sites excluding steroid dienone is 3. The van der Waals surface area contributed by atoms with Crippen LogP contribution in [0.1, 0.15) is 20.3 Å². The summed E-state index contributed by atoms with van der Waals surface area (Å²) in [6.07, 6.45) is 8.66. The van der Waals surface area contributed by atoms with Gasteiger partial charge in [0.05, 0.1) is 0 Å². The molecule has 13 heavy (non-hydrogen) atoms. The molecular formula is C9H13Cl2STi. The summed E-state index contributed by atoms with van der Waals surface area (Å²) >= 11 is 1.98. The van der Waals surface area contributed by atoms with Crippen molar-refractivity contribution in [1.82, 2.24) is 0 Å². The fraction of sp³-hybridized carbons (Fsp3) is 0.556. The molecule has 0 spiro atoms. The Morgan fingerprint density at radius 1 is 1.46 bits per heavy atom. The van der Waals surface area contributed by atoms with Crippen LogP contribution in [-0.2, 0) is 21.7 Å². The Morgan fingerprint density at radius 2 is 2.08 bits per heavy atom. The van der Waals surface area contributed by atoms with Crippen LogP contribution in [-0.4, -0.2) is 11.0 Å². The first-order valence-electron chi connectivity index (χ1n) is 3.67. The number of halogens is 2. The van der Waals surface area contributed by atoms with Crippen LogP contribution in [0.3, 0.4) is 0 Å². The Bertz CT molecular complexity index is 167. The Labute approximate surface area is 113 Å². The Hall–Kier alpha value is 1.12. The first kappa shape index (κ1) is 19.7. The van der Waals surface area contributed by atoms with Gasteiger partial charge in [-0.2, -0.15) is 17.8 Å². The zero-order chi connectivity index (χ0) is 7.40. The van der Waals surface area contributed by atoms with Gasteiger partial charge < -0.3 is 24.8 Å². The van der Waals surface area contributed by atoms with Gasteiger partial charge in [0, 0.05) is 0 Å². The summed E-state index contributed by atoms with van der Waals surface area (Å²) in [5.41, 5.74) is 1.37. The van der Waals surface area contributed by atoms with Crippen molar-refractivity contribution in [2.24, 2.45) is 0 Å². The maximum absolute atomic E-state index is 3.30. The maximum Gasteiger partial charge on any atom is 3.00 e. The molecule has 0 aromatic carbocycles. The van der Waals surface area contributed by atoms with E-state index >= 15 is 0 Å². The molecule has 0 heterocycles. The topological polar surface area (TPSA) is 0 Å².